The van der Waals surface area contributed by atoms with E-state index in [1.165, 1.54) is 12.1 Å². The van der Waals surface area contributed by atoms with E-state index in [1.807, 2.05) is 22.1 Å². The first kappa shape index (κ1) is 13.8. The van der Waals surface area contributed by atoms with E-state index in [-0.39, 0.29) is 11.8 Å². The molecule has 0 atom stereocenters. The van der Waals surface area contributed by atoms with E-state index in [4.69, 9.17) is 4.74 Å². The first-order valence-electron chi connectivity index (χ1n) is 6.67. The Morgan fingerprint density at radius 2 is 2.05 bits per heavy atom. The van der Waals surface area contributed by atoms with Crippen LogP contribution in [0.15, 0.2) is 41.8 Å². The number of carbonyl (C=O) groups is 1. The molecular formula is C16H14FNO2S. The quantitative estimate of drug-likeness (QED) is 0.680. The van der Waals surface area contributed by atoms with Gasteiger partial charge in [0.15, 0.2) is 0 Å². The molecule has 3 rings (SSSR count). The van der Waals surface area contributed by atoms with E-state index >= 15 is 0 Å². The normalized spacial score (nSPS) is 11.0. The van der Waals surface area contributed by atoms with Gasteiger partial charge in [0.1, 0.15) is 11.5 Å². The number of hydrogen-bond acceptors (Lipinski definition) is 3. The van der Waals surface area contributed by atoms with Gasteiger partial charge in [0, 0.05) is 6.54 Å². The van der Waals surface area contributed by atoms with E-state index < -0.39 is 0 Å². The summed E-state index contributed by atoms with van der Waals surface area (Å²) in [7, 11) is 0. The Labute approximate surface area is 125 Å². The fraction of sp³-hybridized carbons (Fsp3) is 0.188. The van der Waals surface area contributed by atoms with Crippen molar-refractivity contribution in [2.45, 2.75) is 13.5 Å². The van der Waals surface area contributed by atoms with Crippen molar-refractivity contribution in [1.29, 1.82) is 0 Å². The Bertz CT molecular complexity index is 773. The van der Waals surface area contributed by atoms with Crippen molar-refractivity contribution in [2.24, 2.45) is 0 Å². The number of halogens is 1. The van der Waals surface area contributed by atoms with Gasteiger partial charge in [-0.05, 0) is 42.1 Å². The molecule has 0 aliphatic rings. The minimum atomic E-state index is -0.331. The van der Waals surface area contributed by atoms with Crippen molar-refractivity contribution >= 4 is 27.5 Å². The average Bonchev–Trinajstić information content (AvgIpc) is 3.04. The second-order valence-corrected chi connectivity index (χ2v) is 5.58. The lowest BCUT2D eigenvalue weighted by Crippen LogP contribution is -2.12. The van der Waals surface area contributed by atoms with Gasteiger partial charge in [-0.1, -0.05) is 12.1 Å². The van der Waals surface area contributed by atoms with E-state index in [2.05, 4.69) is 0 Å². The lowest BCUT2D eigenvalue weighted by Gasteiger charge is -2.10. The van der Waals surface area contributed by atoms with Gasteiger partial charge in [-0.2, -0.15) is 0 Å². The zero-order chi connectivity index (χ0) is 14.8. The number of esters is 1. The zero-order valence-electron chi connectivity index (χ0n) is 11.5. The summed E-state index contributed by atoms with van der Waals surface area (Å²) in [5.74, 6) is -0.597. The van der Waals surface area contributed by atoms with Crippen LogP contribution in [0.25, 0.3) is 10.2 Å². The fourth-order valence-corrected chi connectivity index (χ4v) is 3.12. The number of hydrogen-bond donors (Lipinski definition) is 0. The second-order valence-electron chi connectivity index (χ2n) is 4.63. The van der Waals surface area contributed by atoms with Crippen LogP contribution < -0.4 is 0 Å². The summed E-state index contributed by atoms with van der Waals surface area (Å²) in [6, 6.07) is 10.1. The van der Waals surface area contributed by atoms with Crippen LogP contribution in [0.5, 0.6) is 0 Å². The third-order valence-electron chi connectivity index (χ3n) is 3.26. The van der Waals surface area contributed by atoms with Gasteiger partial charge < -0.3 is 9.30 Å². The number of fused-ring (bicyclic) bond motifs is 1. The standard InChI is InChI=1S/C16H14FNO2S/c1-2-20-16(19)14-9-15-13(7-8-21-15)18(14)10-11-3-5-12(17)6-4-11/h3-9H,2,10H2,1H3. The van der Waals surface area contributed by atoms with Crippen molar-refractivity contribution in [2.75, 3.05) is 6.61 Å². The summed E-state index contributed by atoms with van der Waals surface area (Å²) in [5.41, 5.74) is 2.46. The van der Waals surface area contributed by atoms with Gasteiger partial charge in [0.05, 0.1) is 16.8 Å². The van der Waals surface area contributed by atoms with Gasteiger partial charge in [-0.25, -0.2) is 9.18 Å². The molecule has 2 heterocycles. The summed E-state index contributed by atoms with van der Waals surface area (Å²) in [5, 5.41) is 1.99. The predicted octanol–water partition coefficient (Wildman–Crippen LogP) is 4.07. The van der Waals surface area contributed by atoms with Gasteiger partial charge in [-0.3, -0.25) is 0 Å². The molecule has 108 valence electrons. The van der Waals surface area contributed by atoms with Crippen molar-refractivity contribution in [3.63, 3.8) is 0 Å². The molecule has 0 saturated heterocycles. The van der Waals surface area contributed by atoms with Gasteiger partial charge >= 0.3 is 5.97 Å². The highest BCUT2D eigenvalue weighted by Gasteiger charge is 2.17. The highest BCUT2D eigenvalue weighted by molar-refractivity contribution is 7.17. The molecule has 1 aromatic carbocycles. The van der Waals surface area contributed by atoms with Crippen LogP contribution >= 0.6 is 11.3 Å². The Hall–Kier alpha value is -2.14. The van der Waals surface area contributed by atoms with Crippen LogP contribution in [0, 0.1) is 5.82 Å². The zero-order valence-corrected chi connectivity index (χ0v) is 12.3. The Morgan fingerprint density at radius 3 is 2.76 bits per heavy atom. The SMILES string of the molecule is CCOC(=O)c1cc2sccc2n1Cc1ccc(F)cc1. The van der Waals surface area contributed by atoms with Crippen LogP contribution in [0.2, 0.25) is 0 Å². The Morgan fingerprint density at radius 1 is 1.29 bits per heavy atom. The molecule has 0 N–H and O–H groups in total. The molecule has 3 aromatic rings. The summed E-state index contributed by atoms with van der Waals surface area (Å²) in [4.78, 5) is 12.1. The van der Waals surface area contributed by atoms with E-state index in [1.54, 1.807) is 30.4 Å². The molecule has 0 saturated carbocycles. The van der Waals surface area contributed by atoms with Gasteiger partial charge in [0.25, 0.3) is 0 Å². The Balaban J connectivity index is 2.02. The molecule has 0 fully saturated rings. The molecule has 0 spiro atoms. The molecule has 21 heavy (non-hydrogen) atoms. The number of rotatable bonds is 4. The first-order chi connectivity index (χ1) is 10.2. The Kier molecular flexibility index (Phi) is 3.75. The van der Waals surface area contributed by atoms with Crippen LogP contribution in [-0.4, -0.2) is 17.1 Å². The number of benzene rings is 1. The summed E-state index contributed by atoms with van der Waals surface area (Å²) < 4.78 is 21.1. The molecule has 0 unspecified atom stereocenters. The summed E-state index contributed by atoms with van der Waals surface area (Å²) in [6.07, 6.45) is 0. The lowest BCUT2D eigenvalue weighted by molar-refractivity contribution is 0.0515. The van der Waals surface area contributed by atoms with Crippen LogP contribution in [0.4, 0.5) is 4.39 Å². The highest BCUT2D eigenvalue weighted by Crippen LogP contribution is 2.26. The number of nitrogens with zero attached hydrogens (tertiary/aromatic N) is 1. The molecule has 0 aliphatic carbocycles. The maximum Gasteiger partial charge on any atom is 0.355 e. The first-order valence-corrected chi connectivity index (χ1v) is 7.55. The minimum absolute atomic E-state index is 0.266. The van der Waals surface area contributed by atoms with Gasteiger partial charge in [0.2, 0.25) is 0 Å². The minimum Gasteiger partial charge on any atom is -0.461 e. The summed E-state index contributed by atoms with van der Waals surface area (Å²) >= 11 is 1.58. The van der Waals surface area contributed by atoms with Crippen molar-refractivity contribution in [3.8, 4) is 0 Å². The number of ether oxygens (including phenoxy) is 1. The molecule has 5 heteroatoms. The van der Waals surface area contributed by atoms with Crippen molar-refractivity contribution in [1.82, 2.24) is 4.57 Å². The van der Waals surface area contributed by atoms with Crippen LogP contribution in [0.3, 0.4) is 0 Å². The number of thiophene rings is 1. The number of carbonyl (C=O) groups excluding carboxylic acids is 1. The molecule has 0 aliphatic heterocycles. The topological polar surface area (TPSA) is 31.2 Å². The molecule has 0 radical (unpaired) electrons. The predicted molar refractivity (Wildman–Crippen MR) is 81.3 cm³/mol. The highest BCUT2D eigenvalue weighted by atomic mass is 32.1. The van der Waals surface area contributed by atoms with Crippen molar-refractivity contribution < 1.29 is 13.9 Å². The number of aromatic nitrogens is 1. The molecule has 0 bridgehead atoms. The molecule has 2 aromatic heterocycles. The summed E-state index contributed by atoms with van der Waals surface area (Å²) in [6.45, 7) is 2.64. The fourth-order valence-electron chi connectivity index (χ4n) is 2.29. The lowest BCUT2D eigenvalue weighted by atomic mass is 10.2. The van der Waals surface area contributed by atoms with Crippen LogP contribution in [-0.2, 0) is 11.3 Å². The maximum atomic E-state index is 13.0. The average molecular weight is 303 g/mol. The maximum absolute atomic E-state index is 13.0. The monoisotopic (exact) mass is 303 g/mol. The smallest absolute Gasteiger partial charge is 0.355 e. The largest absolute Gasteiger partial charge is 0.461 e. The van der Waals surface area contributed by atoms with E-state index in [0.29, 0.717) is 18.8 Å². The molecular weight excluding hydrogens is 289 g/mol. The third kappa shape index (κ3) is 2.69. The molecule has 0 amide bonds. The van der Waals surface area contributed by atoms with E-state index in [9.17, 15) is 9.18 Å². The van der Waals surface area contributed by atoms with E-state index in [0.717, 1.165) is 15.8 Å². The third-order valence-corrected chi connectivity index (χ3v) is 4.11. The second kappa shape index (κ2) is 5.69. The van der Waals surface area contributed by atoms with Gasteiger partial charge in [-0.15, -0.1) is 11.3 Å². The van der Waals surface area contributed by atoms with Crippen molar-refractivity contribution in [3.05, 3.63) is 58.9 Å². The molecule has 3 nitrogen and oxygen atoms in total. The van der Waals surface area contributed by atoms with Crippen LogP contribution in [0.1, 0.15) is 23.0 Å².